The number of carbonyl (C=O) groups excluding carboxylic acids is 1. The van der Waals surface area contributed by atoms with Crippen molar-refractivity contribution in [1.82, 2.24) is 5.32 Å². The van der Waals surface area contributed by atoms with Gasteiger partial charge in [0, 0.05) is 11.4 Å². The molecule has 0 radical (unpaired) electrons. The molecule has 0 aliphatic rings. The summed E-state index contributed by atoms with van der Waals surface area (Å²) in [7, 11) is 0. The summed E-state index contributed by atoms with van der Waals surface area (Å²) in [5.41, 5.74) is 1.22. The van der Waals surface area contributed by atoms with E-state index in [-0.39, 0.29) is 5.91 Å². The van der Waals surface area contributed by atoms with Crippen molar-refractivity contribution < 1.29 is 9.90 Å². The maximum Gasteiger partial charge on any atom is 0.261 e. The Bertz CT molecular complexity index is 344. The van der Waals surface area contributed by atoms with E-state index in [9.17, 15) is 4.79 Å². The second-order valence-electron chi connectivity index (χ2n) is 3.60. The minimum Gasteiger partial charge on any atom is -0.392 e. The van der Waals surface area contributed by atoms with E-state index in [1.165, 1.54) is 21.8 Å². The molecule has 4 heteroatoms. The van der Waals surface area contributed by atoms with Crippen LogP contribution >= 0.6 is 11.3 Å². The molecule has 0 aromatic carbocycles. The van der Waals surface area contributed by atoms with Crippen LogP contribution in [0.15, 0.2) is 6.07 Å². The predicted molar refractivity (Wildman–Crippen MR) is 62.4 cm³/mol. The number of carbonyl (C=O) groups is 1. The third-order valence-electron chi connectivity index (χ3n) is 2.18. The Morgan fingerprint density at radius 1 is 1.67 bits per heavy atom. The molecule has 0 saturated carbocycles. The van der Waals surface area contributed by atoms with Gasteiger partial charge in [-0.3, -0.25) is 4.79 Å². The van der Waals surface area contributed by atoms with Crippen LogP contribution in [0.4, 0.5) is 0 Å². The SMILES string of the molecule is CCc1cc(C(=O)NC[C@@H](C)O)sc1C. The average molecular weight is 227 g/mol. The van der Waals surface area contributed by atoms with Crippen molar-refractivity contribution in [1.29, 1.82) is 0 Å². The summed E-state index contributed by atoms with van der Waals surface area (Å²) in [5.74, 6) is -0.0938. The number of aliphatic hydroxyl groups excluding tert-OH is 1. The van der Waals surface area contributed by atoms with Crippen LogP contribution in [-0.4, -0.2) is 23.7 Å². The van der Waals surface area contributed by atoms with Crippen LogP contribution in [0.25, 0.3) is 0 Å². The number of thiophene rings is 1. The lowest BCUT2D eigenvalue weighted by atomic mass is 10.2. The van der Waals surface area contributed by atoms with Crippen molar-refractivity contribution in [3.05, 3.63) is 21.4 Å². The second-order valence-corrected chi connectivity index (χ2v) is 4.86. The molecular formula is C11H17NO2S. The molecule has 1 amide bonds. The molecule has 1 rings (SSSR count). The molecule has 0 bridgehead atoms. The van der Waals surface area contributed by atoms with Gasteiger partial charge in [-0.15, -0.1) is 11.3 Å². The number of aliphatic hydroxyl groups is 1. The number of rotatable bonds is 4. The topological polar surface area (TPSA) is 49.3 Å². The van der Waals surface area contributed by atoms with E-state index in [2.05, 4.69) is 12.2 Å². The summed E-state index contributed by atoms with van der Waals surface area (Å²) in [5, 5.41) is 11.7. The Balaban J connectivity index is 2.66. The lowest BCUT2D eigenvalue weighted by Crippen LogP contribution is -2.29. The normalized spacial score (nSPS) is 12.5. The van der Waals surface area contributed by atoms with Gasteiger partial charge in [0.1, 0.15) is 0 Å². The molecular weight excluding hydrogens is 210 g/mol. The molecule has 1 aromatic rings. The highest BCUT2D eigenvalue weighted by atomic mass is 32.1. The number of nitrogens with one attached hydrogen (secondary N) is 1. The van der Waals surface area contributed by atoms with Crippen molar-refractivity contribution in [2.24, 2.45) is 0 Å². The van der Waals surface area contributed by atoms with Gasteiger partial charge in [0.05, 0.1) is 11.0 Å². The van der Waals surface area contributed by atoms with E-state index in [4.69, 9.17) is 5.11 Å². The Labute approximate surface area is 94.1 Å². The molecule has 1 aromatic heterocycles. The van der Waals surface area contributed by atoms with Crippen molar-refractivity contribution in [2.75, 3.05) is 6.54 Å². The summed E-state index contributed by atoms with van der Waals surface area (Å²) < 4.78 is 0. The van der Waals surface area contributed by atoms with Crippen LogP contribution < -0.4 is 5.32 Å². The van der Waals surface area contributed by atoms with Crippen LogP contribution in [0.2, 0.25) is 0 Å². The summed E-state index contributed by atoms with van der Waals surface area (Å²) in [6, 6.07) is 1.93. The highest BCUT2D eigenvalue weighted by Gasteiger charge is 2.11. The first kappa shape index (κ1) is 12.2. The van der Waals surface area contributed by atoms with Crippen molar-refractivity contribution in [3.8, 4) is 0 Å². The molecule has 2 N–H and O–H groups in total. The van der Waals surface area contributed by atoms with E-state index < -0.39 is 6.10 Å². The largest absolute Gasteiger partial charge is 0.392 e. The van der Waals surface area contributed by atoms with Gasteiger partial charge < -0.3 is 10.4 Å². The van der Waals surface area contributed by atoms with E-state index in [0.717, 1.165) is 11.3 Å². The standard InChI is InChI=1S/C11H17NO2S/c1-4-9-5-10(15-8(9)3)11(14)12-6-7(2)13/h5,7,13H,4,6H2,1-3H3,(H,12,14)/t7-/m1/s1. The molecule has 3 nitrogen and oxygen atoms in total. The van der Waals surface area contributed by atoms with Crippen molar-refractivity contribution in [3.63, 3.8) is 0 Å². The Kier molecular flexibility index (Phi) is 4.29. The molecule has 0 fully saturated rings. The Morgan fingerprint density at radius 3 is 2.80 bits per heavy atom. The third kappa shape index (κ3) is 3.32. The van der Waals surface area contributed by atoms with Crippen LogP contribution in [0.5, 0.6) is 0 Å². The van der Waals surface area contributed by atoms with Crippen molar-refractivity contribution >= 4 is 17.2 Å². The fraction of sp³-hybridized carbons (Fsp3) is 0.545. The second kappa shape index (κ2) is 5.28. The smallest absolute Gasteiger partial charge is 0.261 e. The van der Waals surface area contributed by atoms with Crippen LogP contribution in [-0.2, 0) is 6.42 Å². The molecule has 0 saturated heterocycles. The maximum absolute atomic E-state index is 11.6. The number of hydrogen-bond acceptors (Lipinski definition) is 3. The minimum absolute atomic E-state index is 0.0938. The van der Waals surface area contributed by atoms with Crippen LogP contribution in [0.1, 0.15) is 34.0 Å². The van der Waals surface area contributed by atoms with Gasteiger partial charge >= 0.3 is 0 Å². The van der Waals surface area contributed by atoms with Gasteiger partial charge in [0.2, 0.25) is 0 Å². The summed E-state index contributed by atoms with van der Waals surface area (Å²) in [6.07, 6.45) is 0.451. The maximum atomic E-state index is 11.6. The Morgan fingerprint density at radius 2 is 2.33 bits per heavy atom. The zero-order chi connectivity index (χ0) is 11.4. The zero-order valence-corrected chi connectivity index (χ0v) is 10.1. The van der Waals surface area contributed by atoms with E-state index in [0.29, 0.717) is 6.54 Å². The molecule has 1 atom stereocenters. The fourth-order valence-electron chi connectivity index (χ4n) is 1.31. The van der Waals surface area contributed by atoms with E-state index in [1.54, 1.807) is 6.92 Å². The fourth-order valence-corrected chi connectivity index (χ4v) is 2.34. The molecule has 15 heavy (non-hydrogen) atoms. The highest BCUT2D eigenvalue weighted by molar-refractivity contribution is 7.14. The molecule has 84 valence electrons. The quantitative estimate of drug-likeness (QED) is 0.823. The zero-order valence-electron chi connectivity index (χ0n) is 9.33. The van der Waals surface area contributed by atoms with Gasteiger partial charge in [0.15, 0.2) is 0 Å². The molecule has 0 aliphatic carbocycles. The van der Waals surface area contributed by atoms with Gasteiger partial charge in [-0.25, -0.2) is 0 Å². The van der Waals surface area contributed by atoms with E-state index in [1.807, 2.05) is 13.0 Å². The lowest BCUT2D eigenvalue weighted by Gasteiger charge is -2.04. The van der Waals surface area contributed by atoms with Gasteiger partial charge in [-0.2, -0.15) is 0 Å². The van der Waals surface area contributed by atoms with Crippen LogP contribution in [0.3, 0.4) is 0 Å². The number of hydrogen-bond donors (Lipinski definition) is 2. The van der Waals surface area contributed by atoms with Gasteiger partial charge in [-0.1, -0.05) is 6.92 Å². The number of aryl methyl sites for hydroxylation is 2. The minimum atomic E-state index is -0.499. The van der Waals surface area contributed by atoms with Crippen molar-refractivity contribution in [2.45, 2.75) is 33.3 Å². The van der Waals surface area contributed by atoms with Gasteiger partial charge in [0.25, 0.3) is 5.91 Å². The first-order chi connectivity index (χ1) is 7.04. The molecule has 0 spiro atoms. The number of amides is 1. The summed E-state index contributed by atoms with van der Waals surface area (Å²) >= 11 is 1.51. The predicted octanol–water partition coefficient (Wildman–Crippen LogP) is 1.73. The summed E-state index contributed by atoms with van der Waals surface area (Å²) in [4.78, 5) is 13.5. The summed E-state index contributed by atoms with van der Waals surface area (Å²) in [6.45, 7) is 6.05. The Hall–Kier alpha value is -0.870. The third-order valence-corrected chi connectivity index (χ3v) is 3.27. The lowest BCUT2D eigenvalue weighted by molar-refractivity contribution is 0.0928. The monoisotopic (exact) mass is 227 g/mol. The first-order valence-electron chi connectivity index (χ1n) is 5.10. The van der Waals surface area contributed by atoms with Crippen LogP contribution in [0, 0.1) is 6.92 Å². The van der Waals surface area contributed by atoms with Gasteiger partial charge in [-0.05, 0) is 31.9 Å². The molecule has 0 unspecified atom stereocenters. The molecule has 0 aliphatic heterocycles. The average Bonchev–Trinajstić information content (AvgIpc) is 2.56. The first-order valence-corrected chi connectivity index (χ1v) is 5.91. The molecule has 1 heterocycles. The highest BCUT2D eigenvalue weighted by Crippen LogP contribution is 2.21. The van der Waals surface area contributed by atoms with E-state index >= 15 is 0 Å².